The summed E-state index contributed by atoms with van der Waals surface area (Å²) in [5.74, 6) is 0. The molecular weight excluding hydrogens is 306 g/mol. The monoisotopic (exact) mass is 325 g/mol. The van der Waals surface area contributed by atoms with Crippen molar-refractivity contribution < 1.29 is 0 Å². The van der Waals surface area contributed by atoms with E-state index >= 15 is 0 Å². The highest BCUT2D eigenvalue weighted by Crippen LogP contribution is 2.19. The van der Waals surface area contributed by atoms with Gasteiger partial charge < -0.3 is 4.90 Å². The van der Waals surface area contributed by atoms with E-state index in [1.165, 1.54) is 0 Å². The second kappa shape index (κ2) is 6.52. The maximum Gasteiger partial charge on any atom is 0.185 e. The van der Waals surface area contributed by atoms with Crippen molar-refractivity contribution in [3.05, 3.63) is 59.9 Å². The van der Waals surface area contributed by atoms with Crippen molar-refractivity contribution in [2.75, 3.05) is 31.1 Å². The number of hydrogen-bond acceptors (Lipinski definition) is 5. The third-order valence-corrected chi connectivity index (χ3v) is 4.94. The second-order valence-corrected chi connectivity index (χ2v) is 6.54. The minimum Gasteiger partial charge on any atom is -0.346 e. The molecule has 3 heterocycles. The first-order valence-electron chi connectivity index (χ1n) is 7.85. The highest BCUT2D eigenvalue weighted by atomic mass is 32.1. The van der Waals surface area contributed by atoms with Gasteiger partial charge in [0.2, 0.25) is 0 Å². The van der Waals surface area contributed by atoms with E-state index in [1.54, 1.807) is 11.3 Å². The molecule has 1 aliphatic heterocycles. The number of para-hydroxylation sites is 1. The Bertz CT molecular complexity index is 729. The number of nitrogens with zero attached hydrogens (tertiary/aromatic N) is 5. The molecular formula is C17H19N5S. The lowest BCUT2D eigenvalue weighted by atomic mass is 10.3. The summed E-state index contributed by atoms with van der Waals surface area (Å²) in [7, 11) is 0. The van der Waals surface area contributed by atoms with E-state index in [0.29, 0.717) is 0 Å². The van der Waals surface area contributed by atoms with Crippen molar-refractivity contribution in [1.29, 1.82) is 0 Å². The van der Waals surface area contributed by atoms with Crippen LogP contribution in [0, 0.1) is 0 Å². The molecule has 0 saturated carbocycles. The van der Waals surface area contributed by atoms with Crippen LogP contribution in [0.5, 0.6) is 0 Å². The molecule has 4 rings (SSSR count). The average Bonchev–Trinajstić information content (AvgIpc) is 3.28. The Morgan fingerprint density at radius 3 is 2.57 bits per heavy atom. The SMILES string of the molecule is c1ccc(-n2ccc(CN3CCN(c4nccs4)CC3)n2)cc1. The number of rotatable bonds is 4. The van der Waals surface area contributed by atoms with Gasteiger partial charge in [-0.2, -0.15) is 5.10 Å². The lowest BCUT2D eigenvalue weighted by Gasteiger charge is -2.34. The number of hydrogen-bond donors (Lipinski definition) is 0. The fraction of sp³-hybridized carbons (Fsp3) is 0.294. The molecule has 0 spiro atoms. The first-order chi connectivity index (χ1) is 11.4. The summed E-state index contributed by atoms with van der Waals surface area (Å²) < 4.78 is 1.95. The van der Waals surface area contributed by atoms with E-state index in [9.17, 15) is 0 Å². The van der Waals surface area contributed by atoms with E-state index in [4.69, 9.17) is 5.10 Å². The largest absolute Gasteiger partial charge is 0.346 e. The normalized spacial score (nSPS) is 15.9. The van der Waals surface area contributed by atoms with Crippen LogP contribution in [0.25, 0.3) is 5.69 Å². The minimum atomic E-state index is 0.908. The zero-order valence-electron chi connectivity index (χ0n) is 12.9. The summed E-state index contributed by atoms with van der Waals surface area (Å²) in [6, 6.07) is 12.4. The molecule has 0 aliphatic carbocycles. The first kappa shape index (κ1) is 14.4. The molecule has 3 aromatic rings. The van der Waals surface area contributed by atoms with Crippen molar-refractivity contribution in [1.82, 2.24) is 19.7 Å². The van der Waals surface area contributed by atoms with Crippen molar-refractivity contribution in [3.63, 3.8) is 0 Å². The third-order valence-electron chi connectivity index (χ3n) is 4.11. The zero-order chi connectivity index (χ0) is 15.5. The van der Waals surface area contributed by atoms with Crippen LogP contribution in [0.15, 0.2) is 54.2 Å². The molecule has 6 heteroatoms. The number of thiazole rings is 1. The predicted molar refractivity (Wildman–Crippen MR) is 93.2 cm³/mol. The van der Waals surface area contributed by atoms with Crippen LogP contribution in [-0.2, 0) is 6.54 Å². The Hall–Kier alpha value is -2.18. The van der Waals surface area contributed by atoms with Gasteiger partial charge >= 0.3 is 0 Å². The van der Waals surface area contributed by atoms with Crippen molar-refractivity contribution in [2.45, 2.75) is 6.54 Å². The molecule has 1 aliphatic rings. The second-order valence-electron chi connectivity index (χ2n) is 5.67. The van der Waals surface area contributed by atoms with Crippen molar-refractivity contribution in [3.8, 4) is 5.69 Å². The molecule has 0 unspecified atom stereocenters. The van der Waals surface area contributed by atoms with E-state index < -0.39 is 0 Å². The van der Waals surface area contributed by atoms with Crippen LogP contribution in [0.4, 0.5) is 5.13 Å². The van der Waals surface area contributed by atoms with Crippen LogP contribution in [0.2, 0.25) is 0 Å². The van der Waals surface area contributed by atoms with E-state index in [0.717, 1.165) is 49.2 Å². The molecule has 1 aromatic carbocycles. The van der Waals surface area contributed by atoms with Crippen molar-refractivity contribution >= 4 is 16.5 Å². The standard InChI is InChI=1S/C17H19N5S/c1-2-4-16(5-3-1)22-8-6-15(19-22)14-20-9-11-21(12-10-20)17-18-7-13-23-17/h1-8,13H,9-12,14H2. The van der Waals surface area contributed by atoms with Crippen LogP contribution in [0.3, 0.4) is 0 Å². The molecule has 0 N–H and O–H groups in total. The number of benzene rings is 1. The van der Waals surface area contributed by atoms with Crippen LogP contribution < -0.4 is 4.90 Å². The van der Waals surface area contributed by atoms with E-state index in [1.807, 2.05) is 40.7 Å². The topological polar surface area (TPSA) is 37.2 Å². The summed E-state index contributed by atoms with van der Waals surface area (Å²) in [5, 5.41) is 7.87. The Morgan fingerprint density at radius 1 is 1.00 bits per heavy atom. The average molecular weight is 325 g/mol. The van der Waals surface area contributed by atoms with E-state index in [2.05, 4.69) is 33.0 Å². The van der Waals surface area contributed by atoms with Gasteiger partial charge in [-0.1, -0.05) is 18.2 Å². The molecule has 2 aromatic heterocycles. The van der Waals surface area contributed by atoms with Gasteiger partial charge in [0.1, 0.15) is 0 Å². The van der Waals surface area contributed by atoms with Crippen LogP contribution >= 0.6 is 11.3 Å². The third kappa shape index (κ3) is 3.28. The first-order valence-corrected chi connectivity index (χ1v) is 8.73. The molecule has 0 atom stereocenters. The predicted octanol–water partition coefficient (Wildman–Crippen LogP) is 2.65. The van der Waals surface area contributed by atoms with Gasteiger partial charge in [0.05, 0.1) is 11.4 Å². The molecule has 118 valence electrons. The van der Waals surface area contributed by atoms with Gasteiger partial charge in [-0.05, 0) is 18.2 Å². The number of aromatic nitrogens is 3. The van der Waals surface area contributed by atoms with Gasteiger partial charge in [-0.3, -0.25) is 4.90 Å². The zero-order valence-corrected chi connectivity index (χ0v) is 13.7. The lowest BCUT2D eigenvalue weighted by Crippen LogP contribution is -2.46. The summed E-state index contributed by atoms with van der Waals surface area (Å²) in [4.78, 5) is 9.22. The Morgan fingerprint density at radius 2 is 1.83 bits per heavy atom. The van der Waals surface area contributed by atoms with Gasteiger partial charge in [0.15, 0.2) is 5.13 Å². The molecule has 0 radical (unpaired) electrons. The lowest BCUT2D eigenvalue weighted by molar-refractivity contribution is 0.246. The van der Waals surface area contributed by atoms with Gasteiger partial charge in [0, 0.05) is 50.5 Å². The van der Waals surface area contributed by atoms with Gasteiger partial charge in [-0.15, -0.1) is 11.3 Å². The van der Waals surface area contributed by atoms with Gasteiger partial charge in [-0.25, -0.2) is 9.67 Å². The summed E-state index contributed by atoms with van der Waals surface area (Å²) in [5.41, 5.74) is 2.23. The summed E-state index contributed by atoms with van der Waals surface area (Å²) in [6.07, 6.45) is 3.92. The molecule has 5 nitrogen and oxygen atoms in total. The van der Waals surface area contributed by atoms with E-state index in [-0.39, 0.29) is 0 Å². The fourth-order valence-electron chi connectivity index (χ4n) is 2.87. The smallest absolute Gasteiger partial charge is 0.185 e. The Labute approximate surface area is 139 Å². The minimum absolute atomic E-state index is 0.908. The molecule has 0 bridgehead atoms. The molecule has 0 amide bonds. The fourth-order valence-corrected chi connectivity index (χ4v) is 3.57. The number of piperazine rings is 1. The number of anilines is 1. The van der Waals surface area contributed by atoms with Crippen LogP contribution in [-0.4, -0.2) is 45.8 Å². The highest BCUT2D eigenvalue weighted by molar-refractivity contribution is 7.13. The molecule has 1 saturated heterocycles. The summed E-state index contributed by atoms with van der Waals surface area (Å²) >= 11 is 1.72. The molecule has 23 heavy (non-hydrogen) atoms. The van der Waals surface area contributed by atoms with Crippen molar-refractivity contribution in [2.24, 2.45) is 0 Å². The maximum absolute atomic E-state index is 4.69. The Kier molecular flexibility index (Phi) is 4.08. The highest BCUT2D eigenvalue weighted by Gasteiger charge is 2.19. The quantitative estimate of drug-likeness (QED) is 0.739. The van der Waals surface area contributed by atoms with Gasteiger partial charge in [0.25, 0.3) is 0 Å². The molecule has 1 fully saturated rings. The summed E-state index contributed by atoms with van der Waals surface area (Å²) in [6.45, 7) is 5.08. The maximum atomic E-state index is 4.69. The Balaban J connectivity index is 1.36. The van der Waals surface area contributed by atoms with Crippen LogP contribution in [0.1, 0.15) is 5.69 Å².